The summed E-state index contributed by atoms with van der Waals surface area (Å²) >= 11 is 0. The Morgan fingerprint density at radius 3 is 2.71 bits per heavy atom. The molecule has 2 aromatic carbocycles. The maximum atomic E-state index is 13.5. The molecule has 3 aromatic rings. The fourth-order valence-corrected chi connectivity index (χ4v) is 5.05. The van der Waals surface area contributed by atoms with E-state index in [9.17, 15) is 14.4 Å². The SMILES string of the molecule is C=C(F)C(=O)N1CCN(c2ncnc3c2CCN(c2cccc4ccccc24)C3)C[C@@H]1CC#N.S. The largest absolute Gasteiger partial charge is 0.365 e. The lowest BCUT2D eigenvalue weighted by Crippen LogP contribution is -2.55. The number of nitrogens with zero attached hydrogens (tertiary/aromatic N) is 6. The second-order valence-corrected chi connectivity index (χ2v) is 8.66. The number of carbonyl (C=O) groups excluding carboxylic acids is 1. The van der Waals surface area contributed by atoms with Crippen molar-refractivity contribution in [3.05, 3.63) is 72.5 Å². The van der Waals surface area contributed by atoms with Crippen LogP contribution in [0.15, 0.2) is 61.2 Å². The number of amides is 1. The molecule has 0 unspecified atom stereocenters. The lowest BCUT2D eigenvalue weighted by atomic mass is 10.0. The summed E-state index contributed by atoms with van der Waals surface area (Å²) in [6, 6.07) is 16.4. The van der Waals surface area contributed by atoms with Crippen LogP contribution >= 0.6 is 13.5 Å². The predicted molar refractivity (Wildman–Crippen MR) is 139 cm³/mol. The van der Waals surface area contributed by atoms with Crippen LogP contribution in [0.2, 0.25) is 0 Å². The van der Waals surface area contributed by atoms with Crippen molar-refractivity contribution in [3.8, 4) is 6.07 Å². The fourth-order valence-electron chi connectivity index (χ4n) is 5.05. The van der Waals surface area contributed by atoms with Gasteiger partial charge in [0.1, 0.15) is 12.1 Å². The fraction of sp³-hybridized carbons (Fsp3) is 0.308. The highest BCUT2D eigenvalue weighted by Crippen LogP contribution is 2.33. The van der Waals surface area contributed by atoms with Crippen LogP contribution in [-0.4, -0.2) is 53.0 Å². The number of carbonyl (C=O) groups is 1. The number of anilines is 2. The first kappa shape index (κ1) is 24.5. The Kier molecular flexibility index (Phi) is 7.22. The van der Waals surface area contributed by atoms with Gasteiger partial charge in [-0.15, -0.1) is 0 Å². The van der Waals surface area contributed by atoms with Gasteiger partial charge in [0.25, 0.3) is 5.91 Å². The predicted octanol–water partition coefficient (Wildman–Crippen LogP) is 3.72. The summed E-state index contributed by atoms with van der Waals surface area (Å²) in [5.74, 6) is -0.892. The van der Waals surface area contributed by atoms with Gasteiger partial charge in [-0.25, -0.2) is 14.4 Å². The van der Waals surface area contributed by atoms with Gasteiger partial charge >= 0.3 is 0 Å². The number of nitriles is 1. The molecule has 2 aliphatic rings. The van der Waals surface area contributed by atoms with E-state index < -0.39 is 17.8 Å². The molecule has 2 aliphatic heterocycles. The Morgan fingerprint density at radius 2 is 1.91 bits per heavy atom. The lowest BCUT2D eigenvalue weighted by Gasteiger charge is -2.42. The van der Waals surface area contributed by atoms with Crippen molar-refractivity contribution in [3.63, 3.8) is 0 Å². The zero-order chi connectivity index (χ0) is 23.7. The number of hydrogen-bond acceptors (Lipinski definition) is 6. The molecule has 35 heavy (non-hydrogen) atoms. The summed E-state index contributed by atoms with van der Waals surface area (Å²) in [5, 5.41) is 11.7. The molecule has 9 heteroatoms. The number of rotatable bonds is 4. The van der Waals surface area contributed by atoms with Crippen LogP contribution in [0, 0.1) is 11.3 Å². The monoisotopic (exact) mass is 490 g/mol. The van der Waals surface area contributed by atoms with Crippen LogP contribution in [0.1, 0.15) is 17.7 Å². The van der Waals surface area contributed by atoms with E-state index in [1.54, 1.807) is 6.33 Å². The number of halogens is 1. The summed E-state index contributed by atoms with van der Waals surface area (Å²) < 4.78 is 13.5. The number of hydrogen-bond donors (Lipinski definition) is 0. The normalized spacial score (nSPS) is 17.4. The molecule has 0 aliphatic carbocycles. The zero-order valence-electron chi connectivity index (χ0n) is 19.3. The van der Waals surface area contributed by atoms with Gasteiger partial charge in [0.05, 0.1) is 30.8 Å². The molecular weight excluding hydrogens is 463 g/mol. The number of aromatic nitrogens is 2. The molecule has 0 spiro atoms. The molecule has 0 bridgehead atoms. The average molecular weight is 491 g/mol. The number of benzene rings is 2. The molecule has 180 valence electrons. The number of piperazine rings is 1. The van der Waals surface area contributed by atoms with E-state index in [0.29, 0.717) is 26.2 Å². The topological polar surface area (TPSA) is 76.4 Å². The second kappa shape index (κ2) is 10.3. The van der Waals surface area contributed by atoms with Crippen molar-refractivity contribution in [2.24, 2.45) is 0 Å². The van der Waals surface area contributed by atoms with E-state index in [1.807, 2.05) is 6.07 Å². The molecule has 5 rings (SSSR count). The van der Waals surface area contributed by atoms with Gasteiger partial charge < -0.3 is 14.7 Å². The molecule has 0 N–H and O–H groups in total. The third kappa shape index (κ3) is 4.66. The zero-order valence-corrected chi connectivity index (χ0v) is 20.3. The van der Waals surface area contributed by atoms with Gasteiger partial charge in [-0.2, -0.15) is 18.8 Å². The maximum Gasteiger partial charge on any atom is 0.282 e. The van der Waals surface area contributed by atoms with Crippen molar-refractivity contribution >= 4 is 41.7 Å². The van der Waals surface area contributed by atoms with Gasteiger partial charge in [-0.3, -0.25) is 4.79 Å². The molecule has 0 radical (unpaired) electrons. The Labute approximate surface area is 210 Å². The molecule has 3 heterocycles. The van der Waals surface area contributed by atoms with E-state index in [4.69, 9.17) is 0 Å². The molecule has 1 amide bonds. The van der Waals surface area contributed by atoms with E-state index >= 15 is 0 Å². The molecule has 7 nitrogen and oxygen atoms in total. The summed E-state index contributed by atoms with van der Waals surface area (Å²) in [6.45, 7) is 5.89. The summed E-state index contributed by atoms with van der Waals surface area (Å²) in [7, 11) is 0. The molecule has 0 saturated carbocycles. The Bertz CT molecular complexity index is 1300. The average Bonchev–Trinajstić information content (AvgIpc) is 2.87. The Hall–Kier alpha value is -3.64. The maximum absolute atomic E-state index is 13.5. The van der Waals surface area contributed by atoms with Gasteiger partial charge in [-0.1, -0.05) is 43.0 Å². The third-order valence-corrected chi connectivity index (χ3v) is 6.69. The van der Waals surface area contributed by atoms with Crippen LogP contribution in [0.5, 0.6) is 0 Å². The minimum atomic E-state index is -0.996. The third-order valence-electron chi connectivity index (χ3n) is 6.69. The van der Waals surface area contributed by atoms with Crippen molar-refractivity contribution < 1.29 is 9.18 Å². The van der Waals surface area contributed by atoms with Gasteiger partial charge in [0.15, 0.2) is 5.83 Å². The Balaban J connectivity index is 0.00000289. The van der Waals surface area contributed by atoms with Crippen LogP contribution in [0.3, 0.4) is 0 Å². The molecular formula is C26H27FN6OS. The smallest absolute Gasteiger partial charge is 0.282 e. The highest BCUT2D eigenvalue weighted by molar-refractivity contribution is 7.59. The first-order valence-electron chi connectivity index (χ1n) is 11.4. The standard InChI is InChI=1S/C26H25FN6O.H2S/c1-18(27)26(34)33-14-13-32(15-20(33)9-11-28)25-22-10-12-31(16-23(22)29-17-30-25)24-8-4-6-19-5-2-3-7-21(19)24;/h2-8,17,20H,1,9-10,12-16H2;1H2/t20-;/m0./s1. The first-order valence-corrected chi connectivity index (χ1v) is 11.4. The van der Waals surface area contributed by atoms with Crippen LogP contribution in [-0.2, 0) is 17.8 Å². The lowest BCUT2D eigenvalue weighted by molar-refractivity contribution is -0.131. The summed E-state index contributed by atoms with van der Waals surface area (Å²) in [4.78, 5) is 27.3. The van der Waals surface area contributed by atoms with Crippen molar-refractivity contribution in [2.75, 3.05) is 36.0 Å². The van der Waals surface area contributed by atoms with E-state index in [2.05, 4.69) is 68.8 Å². The van der Waals surface area contributed by atoms with Crippen LogP contribution in [0.25, 0.3) is 10.8 Å². The minimum Gasteiger partial charge on any atom is -0.365 e. The quantitative estimate of drug-likeness (QED) is 0.519. The molecule has 1 saturated heterocycles. The summed E-state index contributed by atoms with van der Waals surface area (Å²) in [6.07, 6.45) is 2.50. The van der Waals surface area contributed by atoms with E-state index in [-0.39, 0.29) is 19.9 Å². The second-order valence-electron chi connectivity index (χ2n) is 8.66. The van der Waals surface area contributed by atoms with Crippen molar-refractivity contribution in [2.45, 2.75) is 25.4 Å². The molecule has 1 aromatic heterocycles. The minimum absolute atomic E-state index is 0. The van der Waals surface area contributed by atoms with E-state index in [1.165, 1.54) is 21.4 Å². The highest BCUT2D eigenvalue weighted by Gasteiger charge is 2.34. The van der Waals surface area contributed by atoms with Crippen molar-refractivity contribution in [1.29, 1.82) is 5.26 Å². The molecule has 1 fully saturated rings. The first-order chi connectivity index (χ1) is 16.6. The van der Waals surface area contributed by atoms with Crippen LogP contribution in [0.4, 0.5) is 15.9 Å². The summed E-state index contributed by atoms with van der Waals surface area (Å²) in [5.41, 5.74) is 3.28. The molecule has 1 atom stereocenters. The highest BCUT2D eigenvalue weighted by atomic mass is 32.1. The van der Waals surface area contributed by atoms with Crippen molar-refractivity contribution in [1.82, 2.24) is 14.9 Å². The Morgan fingerprint density at radius 1 is 1.11 bits per heavy atom. The van der Waals surface area contributed by atoms with Crippen LogP contribution < -0.4 is 9.80 Å². The van der Waals surface area contributed by atoms with Gasteiger partial charge in [-0.05, 0) is 17.9 Å². The van der Waals surface area contributed by atoms with Gasteiger partial charge in [0, 0.05) is 42.8 Å². The van der Waals surface area contributed by atoms with Gasteiger partial charge in [0.2, 0.25) is 0 Å². The van der Waals surface area contributed by atoms with E-state index in [0.717, 1.165) is 30.0 Å². The number of fused-ring (bicyclic) bond motifs is 2.